The van der Waals surface area contributed by atoms with E-state index in [4.69, 9.17) is 0 Å². The maximum Gasteiger partial charge on any atom is 0.258 e. The van der Waals surface area contributed by atoms with Crippen LogP contribution in [0.3, 0.4) is 0 Å². The monoisotopic (exact) mass is 468 g/mol. The molecular formula is C23H21BrN2O2S. The third-order valence-corrected chi connectivity index (χ3v) is 6.80. The predicted octanol–water partition coefficient (Wildman–Crippen LogP) is 6.14. The molecule has 1 heterocycles. The summed E-state index contributed by atoms with van der Waals surface area (Å²) in [4.78, 5) is 27.1. The van der Waals surface area contributed by atoms with Crippen LogP contribution in [0, 0.1) is 5.92 Å². The molecule has 148 valence electrons. The number of nitrogens with one attached hydrogen (secondary N) is 2. The lowest BCUT2D eigenvalue weighted by molar-refractivity contribution is 0.102. The van der Waals surface area contributed by atoms with E-state index in [9.17, 15) is 9.59 Å². The number of halogens is 1. The lowest BCUT2D eigenvalue weighted by Crippen LogP contribution is -2.19. The number of carbonyl (C=O) groups excluding carboxylic acids is 2. The number of hydrogen-bond acceptors (Lipinski definition) is 3. The van der Waals surface area contributed by atoms with Crippen molar-refractivity contribution in [3.63, 3.8) is 0 Å². The zero-order valence-corrected chi connectivity index (χ0v) is 18.4. The number of fused-ring (bicyclic) bond motifs is 1. The normalized spacial score (nSPS) is 15.4. The highest BCUT2D eigenvalue weighted by molar-refractivity contribution is 9.10. The van der Waals surface area contributed by atoms with Crippen molar-refractivity contribution in [2.75, 3.05) is 10.6 Å². The van der Waals surface area contributed by atoms with E-state index in [1.54, 1.807) is 12.1 Å². The molecule has 4 nitrogen and oxygen atoms in total. The fraction of sp³-hybridized carbons (Fsp3) is 0.217. The van der Waals surface area contributed by atoms with Crippen molar-refractivity contribution >= 4 is 49.8 Å². The van der Waals surface area contributed by atoms with Crippen LogP contribution in [0.25, 0.3) is 0 Å². The van der Waals surface area contributed by atoms with Crippen molar-refractivity contribution in [3.05, 3.63) is 80.6 Å². The molecule has 0 radical (unpaired) electrons. The summed E-state index contributed by atoms with van der Waals surface area (Å²) in [7, 11) is 0. The number of hydrogen-bond donors (Lipinski definition) is 2. The van der Waals surface area contributed by atoms with Crippen LogP contribution in [-0.2, 0) is 12.8 Å². The molecule has 0 fully saturated rings. The van der Waals surface area contributed by atoms with E-state index in [0.29, 0.717) is 22.0 Å². The highest BCUT2D eigenvalue weighted by Gasteiger charge is 2.28. The Labute approximate surface area is 182 Å². The van der Waals surface area contributed by atoms with Gasteiger partial charge in [0.15, 0.2) is 0 Å². The molecule has 1 atom stereocenters. The maximum atomic E-state index is 13.2. The molecule has 3 aromatic rings. The Hall–Kier alpha value is -2.44. The van der Waals surface area contributed by atoms with Gasteiger partial charge in [0.1, 0.15) is 5.00 Å². The van der Waals surface area contributed by atoms with Crippen LogP contribution in [0.15, 0.2) is 59.1 Å². The number of amides is 2. The van der Waals surface area contributed by atoms with Gasteiger partial charge in [0, 0.05) is 20.6 Å². The minimum atomic E-state index is -0.199. The van der Waals surface area contributed by atoms with E-state index in [-0.39, 0.29) is 11.8 Å². The van der Waals surface area contributed by atoms with E-state index >= 15 is 0 Å². The molecule has 0 aliphatic heterocycles. The molecular weight excluding hydrogens is 448 g/mol. The highest BCUT2D eigenvalue weighted by atomic mass is 79.9. The average Bonchev–Trinajstić information content (AvgIpc) is 3.07. The molecule has 6 heteroatoms. The Morgan fingerprint density at radius 1 is 1.00 bits per heavy atom. The van der Waals surface area contributed by atoms with Gasteiger partial charge in [-0.2, -0.15) is 0 Å². The van der Waals surface area contributed by atoms with Gasteiger partial charge in [-0.05, 0) is 67.1 Å². The molecule has 0 bridgehead atoms. The van der Waals surface area contributed by atoms with Gasteiger partial charge in [-0.1, -0.05) is 41.1 Å². The fourth-order valence-electron chi connectivity index (χ4n) is 3.57. The van der Waals surface area contributed by atoms with Crippen molar-refractivity contribution in [2.45, 2.75) is 26.2 Å². The highest BCUT2D eigenvalue weighted by Crippen LogP contribution is 2.40. The maximum absolute atomic E-state index is 13.2. The van der Waals surface area contributed by atoms with E-state index in [2.05, 4.69) is 33.5 Å². The van der Waals surface area contributed by atoms with Crippen LogP contribution in [0.5, 0.6) is 0 Å². The molecule has 29 heavy (non-hydrogen) atoms. The Kier molecular flexibility index (Phi) is 5.83. The summed E-state index contributed by atoms with van der Waals surface area (Å²) >= 11 is 4.94. The molecule has 1 unspecified atom stereocenters. The third kappa shape index (κ3) is 4.43. The van der Waals surface area contributed by atoms with Crippen LogP contribution in [0.4, 0.5) is 10.7 Å². The Balaban J connectivity index is 1.66. The second kappa shape index (κ2) is 8.51. The second-order valence-electron chi connectivity index (χ2n) is 7.34. The lowest BCUT2D eigenvalue weighted by Gasteiger charge is -2.18. The Bertz CT molecular complexity index is 1040. The van der Waals surface area contributed by atoms with Gasteiger partial charge in [0.2, 0.25) is 0 Å². The van der Waals surface area contributed by atoms with E-state index in [1.807, 2.05) is 42.5 Å². The van der Waals surface area contributed by atoms with Crippen LogP contribution < -0.4 is 10.6 Å². The quantitative estimate of drug-likeness (QED) is 0.482. The van der Waals surface area contributed by atoms with Gasteiger partial charge in [-0.3, -0.25) is 9.59 Å². The van der Waals surface area contributed by atoms with Gasteiger partial charge in [0.05, 0.1) is 5.56 Å². The fourth-order valence-corrected chi connectivity index (χ4v) is 5.24. The summed E-state index contributed by atoms with van der Waals surface area (Å²) < 4.78 is 0.952. The molecule has 0 saturated carbocycles. The third-order valence-electron chi connectivity index (χ3n) is 5.10. The van der Waals surface area contributed by atoms with Crippen molar-refractivity contribution in [1.29, 1.82) is 0 Å². The van der Waals surface area contributed by atoms with Crippen molar-refractivity contribution in [1.82, 2.24) is 0 Å². The van der Waals surface area contributed by atoms with E-state index in [0.717, 1.165) is 35.0 Å². The van der Waals surface area contributed by atoms with Crippen molar-refractivity contribution in [3.8, 4) is 0 Å². The van der Waals surface area contributed by atoms with Gasteiger partial charge < -0.3 is 10.6 Å². The van der Waals surface area contributed by atoms with Crippen molar-refractivity contribution in [2.24, 2.45) is 5.92 Å². The van der Waals surface area contributed by atoms with Crippen LogP contribution in [0.2, 0.25) is 0 Å². The molecule has 1 aliphatic rings. The lowest BCUT2D eigenvalue weighted by atomic mass is 9.88. The zero-order chi connectivity index (χ0) is 20.4. The van der Waals surface area contributed by atoms with E-state index < -0.39 is 0 Å². The molecule has 0 saturated heterocycles. The molecule has 4 rings (SSSR count). The zero-order valence-electron chi connectivity index (χ0n) is 16.0. The molecule has 1 aromatic heterocycles. The number of anilines is 2. The van der Waals surface area contributed by atoms with Gasteiger partial charge >= 0.3 is 0 Å². The summed E-state index contributed by atoms with van der Waals surface area (Å²) in [6.45, 7) is 2.23. The largest absolute Gasteiger partial charge is 0.322 e. The number of thiophene rings is 1. The second-order valence-corrected chi connectivity index (χ2v) is 9.36. The van der Waals surface area contributed by atoms with Crippen LogP contribution in [0.1, 0.15) is 44.5 Å². The molecule has 2 aromatic carbocycles. The predicted molar refractivity (Wildman–Crippen MR) is 122 cm³/mol. The van der Waals surface area contributed by atoms with Crippen LogP contribution >= 0.6 is 27.3 Å². The van der Waals surface area contributed by atoms with E-state index in [1.165, 1.54) is 16.2 Å². The number of rotatable bonds is 4. The van der Waals surface area contributed by atoms with Gasteiger partial charge in [0.25, 0.3) is 11.8 Å². The Morgan fingerprint density at radius 3 is 2.45 bits per heavy atom. The molecule has 0 spiro atoms. The first-order valence-electron chi connectivity index (χ1n) is 9.59. The molecule has 2 N–H and O–H groups in total. The SMILES string of the molecule is CC1CCc2c(sc(NC(=O)c3ccccc3)c2C(=O)Nc2ccc(Br)cc2)C1. The first kappa shape index (κ1) is 19.9. The smallest absolute Gasteiger partial charge is 0.258 e. The molecule has 2 amide bonds. The Morgan fingerprint density at radius 2 is 1.72 bits per heavy atom. The minimum Gasteiger partial charge on any atom is -0.322 e. The minimum absolute atomic E-state index is 0.178. The summed E-state index contributed by atoms with van der Waals surface area (Å²) in [5.74, 6) is 0.207. The summed E-state index contributed by atoms with van der Waals surface area (Å²) in [6, 6.07) is 16.6. The standard InChI is InChI=1S/C23H21BrN2O2S/c1-14-7-12-18-19(13-14)29-23(26-21(27)15-5-3-2-4-6-15)20(18)22(28)25-17-10-8-16(24)9-11-17/h2-6,8-11,14H,7,12-13H2,1H3,(H,25,28)(H,26,27). The first-order chi connectivity index (χ1) is 14.0. The summed E-state index contributed by atoms with van der Waals surface area (Å²) in [6.07, 6.45) is 2.85. The van der Waals surface area contributed by atoms with Crippen molar-refractivity contribution < 1.29 is 9.59 Å². The number of benzene rings is 2. The topological polar surface area (TPSA) is 58.2 Å². The number of carbonyl (C=O) groups is 2. The summed E-state index contributed by atoms with van der Waals surface area (Å²) in [5, 5.41) is 6.60. The van der Waals surface area contributed by atoms with Gasteiger partial charge in [-0.25, -0.2) is 0 Å². The average molecular weight is 469 g/mol. The molecule has 1 aliphatic carbocycles. The van der Waals surface area contributed by atoms with Gasteiger partial charge in [-0.15, -0.1) is 11.3 Å². The van der Waals surface area contributed by atoms with Crippen LogP contribution in [-0.4, -0.2) is 11.8 Å². The first-order valence-corrected chi connectivity index (χ1v) is 11.2. The summed E-state index contributed by atoms with van der Waals surface area (Å²) in [5.41, 5.74) is 2.98.